The summed E-state index contributed by atoms with van der Waals surface area (Å²) in [5.41, 5.74) is 0.573. The van der Waals surface area contributed by atoms with Gasteiger partial charge in [-0.15, -0.1) is 0 Å². The van der Waals surface area contributed by atoms with Gasteiger partial charge in [0.2, 0.25) is 0 Å². The zero-order valence-electron chi connectivity index (χ0n) is 11.2. The van der Waals surface area contributed by atoms with Crippen molar-refractivity contribution < 1.29 is 14.5 Å². The van der Waals surface area contributed by atoms with Crippen LogP contribution in [-0.4, -0.2) is 17.5 Å². The molecule has 0 fully saturated rings. The molecule has 0 aliphatic carbocycles. The summed E-state index contributed by atoms with van der Waals surface area (Å²) in [6, 6.07) is 11.4. The van der Waals surface area contributed by atoms with Gasteiger partial charge in [-0.2, -0.15) is 0 Å². The van der Waals surface area contributed by atoms with Crippen molar-refractivity contribution in [3.8, 4) is 0 Å². The lowest BCUT2D eigenvalue weighted by Gasteiger charge is -2.12. The van der Waals surface area contributed by atoms with Gasteiger partial charge in [-0.25, -0.2) is 4.79 Å². The summed E-state index contributed by atoms with van der Waals surface area (Å²) in [6.45, 7) is -0.415. The molecule has 2 aromatic rings. The molecule has 1 unspecified atom stereocenters. The van der Waals surface area contributed by atoms with E-state index in [-0.39, 0.29) is 10.6 Å². The Morgan fingerprint density at radius 1 is 1.18 bits per heavy atom. The van der Waals surface area contributed by atoms with Crippen LogP contribution in [0.1, 0.15) is 22.0 Å². The SMILES string of the molecule is O=C(OCC(c1ccc(Cl)cc1Cl)[N+](=O)[O-])c1ccccc1. The molecule has 0 N–H and O–H groups in total. The molecule has 0 saturated carbocycles. The Bertz CT molecular complexity index is 691. The molecule has 114 valence electrons. The molecule has 22 heavy (non-hydrogen) atoms. The molecule has 0 bridgehead atoms. The minimum atomic E-state index is -1.25. The van der Waals surface area contributed by atoms with E-state index in [1.54, 1.807) is 30.3 Å². The lowest BCUT2D eigenvalue weighted by Crippen LogP contribution is -2.20. The molecule has 5 nitrogen and oxygen atoms in total. The van der Waals surface area contributed by atoms with E-state index in [0.717, 1.165) is 0 Å². The minimum Gasteiger partial charge on any atom is -0.454 e. The topological polar surface area (TPSA) is 69.4 Å². The average Bonchev–Trinajstić information content (AvgIpc) is 2.49. The fourth-order valence-electron chi connectivity index (χ4n) is 1.85. The number of esters is 1. The molecule has 0 aliphatic heterocycles. The predicted octanol–water partition coefficient (Wildman–Crippen LogP) is 4.17. The summed E-state index contributed by atoms with van der Waals surface area (Å²) < 4.78 is 5.02. The Labute approximate surface area is 136 Å². The van der Waals surface area contributed by atoms with Crippen LogP contribution in [-0.2, 0) is 4.74 Å². The Balaban J connectivity index is 2.13. The predicted molar refractivity (Wildman–Crippen MR) is 82.9 cm³/mol. The maximum atomic E-state index is 11.8. The van der Waals surface area contributed by atoms with Crippen molar-refractivity contribution >= 4 is 29.2 Å². The van der Waals surface area contributed by atoms with Gasteiger partial charge in [0.05, 0.1) is 10.6 Å². The number of nitro groups is 1. The van der Waals surface area contributed by atoms with Crippen LogP contribution in [0.4, 0.5) is 0 Å². The van der Waals surface area contributed by atoms with E-state index in [2.05, 4.69) is 0 Å². The standard InChI is InChI=1S/C15H11Cl2NO4/c16-11-6-7-12(13(17)8-11)14(18(20)21)9-22-15(19)10-4-2-1-3-5-10/h1-8,14H,9H2. The van der Waals surface area contributed by atoms with E-state index in [1.165, 1.54) is 18.2 Å². The first kappa shape index (κ1) is 16.3. The van der Waals surface area contributed by atoms with E-state index < -0.39 is 23.5 Å². The molecule has 0 radical (unpaired) electrons. The highest BCUT2D eigenvalue weighted by molar-refractivity contribution is 6.35. The van der Waals surface area contributed by atoms with Crippen molar-refractivity contribution in [2.24, 2.45) is 0 Å². The molecule has 1 atom stereocenters. The summed E-state index contributed by atoms with van der Waals surface area (Å²) in [6.07, 6.45) is 0. The van der Waals surface area contributed by atoms with Crippen LogP contribution in [0.5, 0.6) is 0 Å². The largest absolute Gasteiger partial charge is 0.454 e. The first-order valence-electron chi connectivity index (χ1n) is 6.29. The van der Waals surface area contributed by atoms with E-state index in [0.29, 0.717) is 10.6 Å². The van der Waals surface area contributed by atoms with Crippen LogP contribution in [0.2, 0.25) is 10.0 Å². The fraction of sp³-hybridized carbons (Fsp3) is 0.133. The normalized spacial score (nSPS) is 11.7. The summed E-state index contributed by atoms with van der Waals surface area (Å²) in [7, 11) is 0. The molecule has 2 rings (SSSR count). The highest BCUT2D eigenvalue weighted by Crippen LogP contribution is 2.28. The third-order valence-electron chi connectivity index (χ3n) is 2.96. The Morgan fingerprint density at radius 2 is 1.86 bits per heavy atom. The van der Waals surface area contributed by atoms with E-state index >= 15 is 0 Å². The number of hydrogen-bond donors (Lipinski definition) is 0. The molecule has 7 heteroatoms. The third-order valence-corrected chi connectivity index (χ3v) is 3.52. The van der Waals surface area contributed by atoms with Crippen molar-refractivity contribution in [1.29, 1.82) is 0 Å². The maximum absolute atomic E-state index is 11.8. The van der Waals surface area contributed by atoms with Crippen LogP contribution in [0.15, 0.2) is 48.5 Å². The Hall–Kier alpha value is -2.11. The van der Waals surface area contributed by atoms with Crippen LogP contribution in [0.25, 0.3) is 0 Å². The lowest BCUT2D eigenvalue weighted by atomic mass is 10.1. The van der Waals surface area contributed by atoms with Crippen molar-refractivity contribution in [3.63, 3.8) is 0 Å². The van der Waals surface area contributed by atoms with Crippen LogP contribution >= 0.6 is 23.2 Å². The van der Waals surface area contributed by atoms with Crippen molar-refractivity contribution in [1.82, 2.24) is 0 Å². The second-order valence-electron chi connectivity index (χ2n) is 4.43. The quantitative estimate of drug-likeness (QED) is 0.465. The molecule has 0 amide bonds. The highest BCUT2D eigenvalue weighted by atomic mass is 35.5. The van der Waals surface area contributed by atoms with Crippen LogP contribution < -0.4 is 0 Å². The van der Waals surface area contributed by atoms with Gasteiger partial charge in [-0.3, -0.25) is 10.1 Å². The molecule has 0 spiro atoms. The van der Waals surface area contributed by atoms with Crippen LogP contribution in [0.3, 0.4) is 0 Å². The van der Waals surface area contributed by atoms with Gasteiger partial charge in [0.15, 0.2) is 6.61 Å². The fourth-order valence-corrected chi connectivity index (χ4v) is 2.38. The minimum absolute atomic E-state index is 0.157. The maximum Gasteiger partial charge on any atom is 0.338 e. The molecule has 2 aromatic carbocycles. The number of halogens is 2. The summed E-state index contributed by atoms with van der Waals surface area (Å²) in [5, 5.41) is 11.7. The number of rotatable bonds is 5. The molecule has 0 aliphatic rings. The Kier molecular flexibility index (Phi) is 5.35. The monoisotopic (exact) mass is 339 g/mol. The first-order valence-corrected chi connectivity index (χ1v) is 7.05. The van der Waals surface area contributed by atoms with E-state index in [1.807, 2.05) is 0 Å². The Morgan fingerprint density at radius 3 is 2.45 bits per heavy atom. The van der Waals surface area contributed by atoms with E-state index in [4.69, 9.17) is 27.9 Å². The van der Waals surface area contributed by atoms with Gasteiger partial charge in [-0.05, 0) is 30.3 Å². The van der Waals surface area contributed by atoms with Crippen molar-refractivity contribution in [2.45, 2.75) is 6.04 Å². The number of carbonyl (C=O) groups is 1. The zero-order valence-corrected chi connectivity index (χ0v) is 12.8. The number of benzene rings is 2. The number of nitrogens with zero attached hydrogens (tertiary/aromatic N) is 1. The second kappa shape index (κ2) is 7.24. The third kappa shape index (κ3) is 3.96. The molecular weight excluding hydrogens is 329 g/mol. The van der Waals surface area contributed by atoms with Gasteiger partial charge < -0.3 is 4.74 Å². The van der Waals surface area contributed by atoms with Gasteiger partial charge in [-0.1, -0.05) is 41.4 Å². The molecule has 0 saturated heterocycles. The molecule has 0 heterocycles. The lowest BCUT2D eigenvalue weighted by molar-refractivity contribution is -0.531. The van der Waals surface area contributed by atoms with E-state index in [9.17, 15) is 14.9 Å². The highest BCUT2D eigenvalue weighted by Gasteiger charge is 2.27. The number of ether oxygens (including phenoxy) is 1. The van der Waals surface area contributed by atoms with Gasteiger partial charge in [0.1, 0.15) is 0 Å². The average molecular weight is 340 g/mol. The molecule has 0 aromatic heterocycles. The summed E-state index contributed by atoms with van der Waals surface area (Å²) in [5.74, 6) is -0.627. The molecular formula is C15H11Cl2NO4. The number of hydrogen-bond acceptors (Lipinski definition) is 4. The summed E-state index contributed by atoms with van der Waals surface area (Å²) in [4.78, 5) is 22.5. The second-order valence-corrected chi connectivity index (χ2v) is 5.28. The first-order chi connectivity index (χ1) is 10.5. The van der Waals surface area contributed by atoms with Crippen LogP contribution in [0, 0.1) is 10.1 Å². The summed E-state index contributed by atoms with van der Waals surface area (Å²) >= 11 is 11.7. The van der Waals surface area contributed by atoms with Crippen molar-refractivity contribution in [3.05, 3.63) is 79.8 Å². The smallest absolute Gasteiger partial charge is 0.338 e. The van der Waals surface area contributed by atoms with Gasteiger partial charge in [0.25, 0.3) is 6.04 Å². The van der Waals surface area contributed by atoms with Gasteiger partial charge in [0, 0.05) is 15.5 Å². The van der Waals surface area contributed by atoms with Crippen molar-refractivity contribution in [2.75, 3.05) is 6.61 Å². The number of carbonyl (C=O) groups excluding carboxylic acids is 1. The zero-order chi connectivity index (χ0) is 16.1. The van der Waals surface area contributed by atoms with Gasteiger partial charge >= 0.3 is 5.97 Å².